The summed E-state index contributed by atoms with van der Waals surface area (Å²) in [7, 11) is 3.50. The lowest BCUT2D eigenvalue weighted by Crippen LogP contribution is -2.42. The SMILES string of the molecule is CCCCCC(C)NC(=NC)NCc1ncc(C)c(OC)c1C.I. The zero-order valence-electron chi connectivity index (χ0n) is 15.9. The molecule has 0 aromatic carbocycles. The van der Waals surface area contributed by atoms with Crippen LogP contribution in [0.5, 0.6) is 5.75 Å². The number of unbranched alkanes of at least 4 members (excludes halogenated alkanes) is 2. The summed E-state index contributed by atoms with van der Waals surface area (Å²) < 4.78 is 5.46. The molecular formula is C18H33IN4O. The number of guanidine groups is 1. The Morgan fingerprint density at radius 2 is 2.04 bits per heavy atom. The Bertz CT molecular complexity index is 520. The maximum atomic E-state index is 5.46. The summed E-state index contributed by atoms with van der Waals surface area (Å²) in [6.45, 7) is 9.10. The summed E-state index contributed by atoms with van der Waals surface area (Å²) in [6.07, 6.45) is 6.79. The Labute approximate surface area is 164 Å². The Hall–Kier alpha value is -1.05. The molecule has 0 bridgehead atoms. The number of aromatic nitrogens is 1. The number of hydrogen-bond donors (Lipinski definition) is 2. The largest absolute Gasteiger partial charge is 0.496 e. The highest BCUT2D eigenvalue weighted by Gasteiger charge is 2.10. The fourth-order valence-corrected chi connectivity index (χ4v) is 2.62. The normalized spacial score (nSPS) is 12.3. The van der Waals surface area contributed by atoms with E-state index in [0.29, 0.717) is 12.6 Å². The number of aliphatic imine (C=N–C) groups is 1. The third-order valence-electron chi connectivity index (χ3n) is 4.02. The summed E-state index contributed by atoms with van der Waals surface area (Å²) in [6, 6.07) is 0.411. The molecule has 6 heteroatoms. The highest BCUT2D eigenvalue weighted by molar-refractivity contribution is 14.0. The summed E-state index contributed by atoms with van der Waals surface area (Å²) in [5.74, 6) is 1.72. The third kappa shape index (κ3) is 7.23. The number of nitrogens with one attached hydrogen (secondary N) is 2. The zero-order chi connectivity index (χ0) is 17.2. The Morgan fingerprint density at radius 1 is 1.33 bits per heavy atom. The highest BCUT2D eigenvalue weighted by atomic mass is 127. The van der Waals surface area contributed by atoms with Gasteiger partial charge in [-0.1, -0.05) is 26.2 Å². The molecule has 0 radical (unpaired) electrons. The molecule has 2 N–H and O–H groups in total. The molecule has 5 nitrogen and oxygen atoms in total. The number of rotatable bonds is 8. The fourth-order valence-electron chi connectivity index (χ4n) is 2.62. The molecular weight excluding hydrogens is 415 g/mol. The van der Waals surface area contributed by atoms with Crippen LogP contribution in [0.4, 0.5) is 0 Å². The number of aryl methyl sites for hydroxylation is 1. The molecule has 1 atom stereocenters. The van der Waals surface area contributed by atoms with E-state index in [1.54, 1.807) is 14.2 Å². The lowest BCUT2D eigenvalue weighted by atomic mass is 10.1. The smallest absolute Gasteiger partial charge is 0.191 e. The van der Waals surface area contributed by atoms with Crippen LogP contribution in [-0.4, -0.2) is 31.1 Å². The number of ether oxygens (including phenoxy) is 1. The average molecular weight is 448 g/mol. The van der Waals surface area contributed by atoms with Crippen LogP contribution >= 0.6 is 24.0 Å². The minimum absolute atomic E-state index is 0. The van der Waals surface area contributed by atoms with E-state index in [1.807, 2.05) is 20.0 Å². The van der Waals surface area contributed by atoms with Crippen LogP contribution in [-0.2, 0) is 6.54 Å². The van der Waals surface area contributed by atoms with E-state index in [2.05, 4.69) is 34.5 Å². The van der Waals surface area contributed by atoms with Gasteiger partial charge in [0.1, 0.15) is 5.75 Å². The molecule has 0 saturated carbocycles. The van der Waals surface area contributed by atoms with Crippen LogP contribution < -0.4 is 15.4 Å². The molecule has 1 aromatic heterocycles. The Balaban J connectivity index is 0.00000529. The molecule has 138 valence electrons. The summed E-state index contributed by atoms with van der Waals surface area (Å²) in [5.41, 5.74) is 3.11. The van der Waals surface area contributed by atoms with Crippen molar-refractivity contribution >= 4 is 29.9 Å². The van der Waals surface area contributed by atoms with Gasteiger partial charge in [-0.05, 0) is 27.2 Å². The van der Waals surface area contributed by atoms with Crippen molar-refractivity contribution in [2.45, 2.75) is 66.0 Å². The minimum atomic E-state index is 0. The molecule has 0 amide bonds. The van der Waals surface area contributed by atoms with E-state index in [-0.39, 0.29) is 24.0 Å². The van der Waals surface area contributed by atoms with Gasteiger partial charge >= 0.3 is 0 Å². The topological polar surface area (TPSA) is 58.5 Å². The summed E-state index contributed by atoms with van der Waals surface area (Å²) in [4.78, 5) is 8.80. The molecule has 1 heterocycles. The van der Waals surface area contributed by atoms with E-state index in [4.69, 9.17) is 4.74 Å². The van der Waals surface area contributed by atoms with Crippen LogP contribution in [0.2, 0.25) is 0 Å². The second kappa shape index (κ2) is 12.3. The van der Waals surface area contributed by atoms with Crippen LogP contribution in [0.3, 0.4) is 0 Å². The number of pyridine rings is 1. The van der Waals surface area contributed by atoms with Gasteiger partial charge in [-0.3, -0.25) is 9.98 Å². The van der Waals surface area contributed by atoms with Gasteiger partial charge in [0.05, 0.1) is 19.3 Å². The zero-order valence-corrected chi connectivity index (χ0v) is 18.2. The van der Waals surface area contributed by atoms with Crippen molar-refractivity contribution in [1.82, 2.24) is 15.6 Å². The van der Waals surface area contributed by atoms with Crippen molar-refractivity contribution in [2.24, 2.45) is 4.99 Å². The number of hydrogen-bond acceptors (Lipinski definition) is 3. The molecule has 0 spiro atoms. The maximum absolute atomic E-state index is 5.46. The van der Waals surface area contributed by atoms with Gasteiger partial charge in [0.15, 0.2) is 5.96 Å². The second-order valence-electron chi connectivity index (χ2n) is 6.01. The first-order valence-corrected chi connectivity index (χ1v) is 8.49. The van der Waals surface area contributed by atoms with Crippen molar-refractivity contribution in [3.8, 4) is 5.75 Å². The molecule has 0 aliphatic carbocycles. The van der Waals surface area contributed by atoms with Gasteiger partial charge in [0.25, 0.3) is 0 Å². The molecule has 0 saturated heterocycles. The quantitative estimate of drug-likeness (QED) is 0.274. The molecule has 1 unspecified atom stereocenters. The first-order chi connectivity index (χ1) is 11.0. The van der Waals surface area contributed by atoms with Gasteiger partial charge < -0.3 is 15.4 Å². The monoisotopic (exact) mass is 448 g/mol. The second-order valence-corrected chi connectivity index (χ2v) is 6.01. The maximum Gasteiger partial charge on any atom is 0.191 e. The fraction of sp³-hybridized carbons (Fsp3) is 0.667. The van der Waals surface area contributed by atoms with Crippen molar-refractivity contribution < 1.29 is 4.74 Å². The van der Waals surface area contributed by atoms with E-state index < -0.39 is 0 Å². The molecule has 1 rings (SSSR count). The lowest BCUT2D eigenvalue weighted by Gasteiger charge is -2.18. The molecule has 0 aliphatic heterocycles. The van der Waals surface area contributed by atoms with Gasteiger partial charge in [0, 0.05) is 30.4 Å². The van der Waals surface area contributed by atoms with E-state index >= 15 is 0 Å². The van der Waals surface area contributed by atoms with Crippen molar-refractivity contribution in [1.29, 1.82) is 0 Å². The Morgan fingerprint density at radius 3 is 2.62 bits per heavy atom. The van der Waals surface area contributed by atoms with Crippen LogP contribution in [0.15, 0.2) is 11.2 Å². The van der Waals surface area contributed by atoms with Crippen LogP contribution in [0, 0.1) is 13.8 Å². The van der Waals surface area contributed by atoms with Crippen molar-refractivity contribution in [3.63, 3.8) is 0 Å². The first kappa shape index (κ1) is 22.9. The summed E-state index contributed by atoms with van der Waals surface area (Å²) in [5, 5.41) is 6.77. The predicted molar refractivity (Wildman–Crippen MR) is 113 cm³/mol. The van der Waals surface area contributed by atoms with Gasteiger partial charge in [-0.15, -0.1) is 24.0 Å². The summed E-state index contributed by atoms with van der Waals surface area (Å²) >= 11 is 0. The predicted octanol–water partition coefficient (Wildman–Crippen LogP) is 3.96. The average Bonchev–Trinajstić information content (AvgIpc) is 2.53. The van der Waals surface area contributed by atoms with Crippen LogP contribution in [0.25, 0.3) is 0 Å². The van der Waals surface area contributed by atoms with Gasteiger partial charge in [-0.25, -0.2) is 0 Å². The highest BCUT2D eigenvalue weighted by Crippen LogP contribution is 2.23. The van der Waals surface area contributed by atoms with E-state index in [1.165, 1.54) is 19.3 Å². The van der Waals surface area contributed by atoms with Crippen LogP contribution in [0.1, 0.15) is 56.4 Å². The minimum Gasteiger partial charge on any atom is -0.496 e. The lowest BCUT2D eigenvalue weighted by molar-refractivity contribution is 0.406. The van der Waals surface area contributed by atoms with Crippen molar-refractivity contribution in [3.05, 3.63) is 23.0 Å². The number of nitrogens with zero attached hydrogens (tertiary/aromatic N) is 2. The van der Waals surface area contributed by atoms with Crippen molar-refractivity contribution in [2.75, 3.05) is 14.2 Å². The molecule has 0 aliphatic rings. The molecule has 24 heavy (non-hydrogen) atoms. The van der Waals surface area contributed by atoms with E-state index in [0.717, 1.165) is 35.0 Å². The Kier molecular flexibility index (Phi) is 11.8. The third-order valence-corrected chi connectivity index (χ3v) is 4.02. The molecule has 0 fully saturated rings. The first-order valence-electron chi connectivity index (χ1n) is 8.49. The number of methoxy groups -OCH3 is 1. The van der Waals surface area contributed by atoms with E-state index in [9.17, 15) is 0 Å². The van der Waals surface area contributed by atoms with Gasteiger partial charge in [-0.2, -0.15) is 0 Å². The van der Waals surface area contributed by atoms with Gasteiger partial charge in [0.2, 0.25) is 0 Å². The standard InChI is InChI=1S/C18H32N4O.HI/c1-7-8-9-10-14(3)22-18(19-5)21-12-16-15(4)17(23-6)13(2)11-20-16;/h11,14H,7-10,12H2,1-6H3,(H2,19,21,22);1H. The number of halogens is 1. The molecule has 1 aromatic rings.